The molecule has 1 saturated carbocycles. The molecule has 9 heteroatoms. The molecular weight excluding hydrogens is 482 g/mol. The van der Waals surface area contributed by atoms with Crippen molar-refractivity contribution >= 4 is 39.6 Å². The Kier molecular flexibility index (Phi) is 6.80. The van der Waals surface area contributed by atoms with Crippen molar-refractivity contribution in [3.8, 4) is 0 Å². The first-order chi connectivity index (χ1) is 16.8. The number of hydrogen-bond acceptors (Lipinski definition) is 7. The molecular formula is C26H35N3O4S2. The maximum Gasteiger partial charge on any atom is 0.267 e. The maximum absolute atomic E-state index is 13.5. The zero-order chi connectivity index (χ0) is 24.8. The number of carbonyl (C=O) groups excluding carboxylic acids is 2. The summed E-state index contributed by atoms with van der Waals surface area (Å²) in [4.78, 5) is 34.7. The second kappa shape index (κ2) is 9.57. The summed E-state index contributed by atoms with van der Waals surface area (Å²) >= 11 is 2.86. The van der Waals surface area contributed by atoms with Crippen molar-refractivity contribution in [1.29, 1.82) is 0 Å². The van der Waals surface area contributed by atoms with E-state index in [0.29, 0.717) is 29.3 Å². The van der Waals surface area contributed by atoms with Crippen molar-refractivity contribution < 1.29 is 19.8 Å². The molecule has 190 valence electrons. The molecule has 5 atom stereocenters. The van der Waals surface area contributed by atoms with Crippen LogP contribution in [0.5, 0.6) is 0 Å². The molecule has 1 aliphatic heterocycles. The zero-order valence-corrected chi connectivity index (χ0v) is 22.1. The lowest BCUT2D eigenvalue weighted by molar-refractivity contribution is -0.147. The van der Waals surface area contributed by atoms with E-state index in [1.54, 1.807) is 6.07 Å². The van der Waals surface area contributed by atoms with Gasteiger partial charge in [-0.05, 0) is 61.3 Å². The Morgan fingerprint density at radius 3 is 2.71 bits per heavy atom. The fourth-order valence-corrected chi connectivity index (χ4v) is 8.40. The second-order valence-corrected chi connectivity index (χ2v) is 13.0. The number of piperidine rings is 1. The normalized spacial score (nSPS) is 32.6. The SMILES string of the molecule is CC1(CO)C(O)CCC2(C)C(CC(=O)N3CCCCC3)c3nc(NC(=O)c4cccs4)sc3CC12. The topological polar surface area (TPSA) is 103 Å². The Morgan fingerprint density at radius 1 is 1.26 bits per heavy atom. The summed E-state index contributed by atoms with van der Waals surface area (Å²) in [6.07, 6.45) is 5.11. The van der Waals surface area contributed by atoms with Crippen LogP contribution in [0.1, 0.15) is 78.5 Å². The summed E-state index contributed by atoms with van der Waals surface area (Å²) in [5.41, 5.74) is -0.0167. The fourth-order valence-electron chi connectivity index (χ4n) is 6.71. The Balaban J connectivity index is 1.50. The maximum atomic E-state index is 13.5. The number of thiophene rings is 1. The highest BCUT2D eigenvalue weighted by atomic mass is 32.1. The molecule has 2 aromatic heterocycles. The van der Waals surface area contributed by atoms with E-state index in [0.717, 1.165) is 42.9 Å². The van der Waals surface area contributed by atoms with E-state index in [2.05, 4.69) is 12.2 Å². The Morgan fingerprint density at radius 2 is 2.03 bits per heavy atom. The van der Waals surface area contributed by atoms with E-state index in [1.165, 1.54) is 29.1 Å². The third-order valence-electron chi connectivity index (χ3n) is 8.95. The summed E-state index contributed by atoms with van der Waals surface area (Å²) in [6.45, 7) is 5.72. The van der Waals surface area contributed by atoms with Crippen LogP contribution in [0.15, 0.2) is 17.5 Å². The van der Waals surface area contributed by atoms with Gasteiger partial charge < -0.3 is 15.1 Å². The van der Waals surface area contributed by atoms with E-state index >= 15 is 0 Å². The van der Waals surface area contributed by atoms with Crippen LogP contribution in [0.25, 0.3) is 0 Å². The smallest absolute Gasteiger partial charge is 0.267 e. The van der Waals surface area contributed by atoms with E-state index < -0.39 is 11.5 Å². The summed E-state index contributed by atoms with van der Waals surface area (Å²) in [5.74, 6) is -0.118. The van der Waals surface area contributed by atoms with Gasteiger partial charge in [0, 0.05) is 35.7 Å². The highest BCUT2D eigenvalue weighted by Gasteiger charge is 2.59. The number of nitrogens with one attached hydrogen (secondary N) is 1. The van der Waals surface area contributed by atoms with Crippen LogP contribution < -0.4 is 5.32 Å². The van der Waals surface area contributed by atoms with Crippen LogP contribution in [0.3, 0.4) is 0 Å². The molecule has 0 spiro atoms. The summed E-state index contributed by atoms with van der Waals surface area (Å²) < 4.78 is 0. The van der Waals surface area contributed by atoms with Crippen molar-refractivity contribution in [3.63, 3.8) is 0 Å². The van der Waals surface area contributed by atoms with Crippen LogP contribution in [-0.2, 0) is 11.2 Å². The standard InChI is InChI=1S/C26H35N3O4S2/c1-25-9-8-20(31)26(2,15-30)19(25)14-18-22(16(25)13-21(32)29-10-4-3-5-11-29)27-24(35-18)28-23(33)17-7-6-12-34-17/h6-7,12,16,19-20,30-31H,3-5,8-11,13-15H2,1-2H3,(H,27,28,33). The second-order valence-electron chi connectivity index (χ2n) is 10.9. The van der Waals surface area contributed by atoms with Gasteiger partial charge in [-0.25, -0.2) is 4.98 Å². The lowest BCUT2D eigenvalue weighted by atomic mass is 9.47. The van der Waals surface area contributed by atoms with Gasteiger partial charge in [-0.15, -0.1) is 22.7 Å². The molecule has 3 heterocycles. The molecule has 2 aromatic rings. The first-order valence-electron chi connectivity index (χ1n) is 12.7. The highest BCUT2D eigenvalue weighted by Crippen LogP contribution is 2.63. The van der Waals surface area contributed by atoms with Gasteiger partial charge in [0.25, 0.3) is 5.91 Å². The van der Waals surface area contributed by atoms with E-state index in [4.69, 9.17) is 4.98 Å². The van der Waals surface area contributed by atoms with Crippen molar-refractivity contribution in [2.24, 2.45) is 16.7 Å². The average molecular weight is 518 g/mol. The van der Waals surface area contributed by atoms with Gasteiger partial charge in [0.1, 0.15) is 0 Å². The fraction of sp³-hybridized carbons (Fsp3) is 0.654. The number of anilines is 1. The zero-order valence-electron chi connectivity index (χ0n) is 20.5. The predicted molar refractivity (Wildman–Crippen MR) is 138 cm³/mol. The quantitative estimate of drug-likeness (QED) is 0.550. The number of nitrogens with zero attached hydrogens (tertiary/aromatic N) is 2. The molecule has 2 fully saturated rings. The van der Waals surface area contributed by atoms with E-state index in [1.807, 2.05) is 23.3 Å². The van der Waals surface area contributed by atoms with Crippen molar-refractivity contribution in [3.05, 3.63) is 33.0 Å². The van der Waals surface area contributed by atoms with Gasteiger partial charge in [-0.2, -0.15) is 0 Å². The number of likely N-dealkylation sites (tertiary alicyclic amines) is 1. The Labute approximate surface area is 214 Å². The van der Waals surface area contributed by atoms with Crippen molar-refractivity contribution in [1.82, 2.24) is 9.88 Å². The number of thiazole rings is 1. The minimum absolute atomic E-state index is 0.0108. The number of aliphatic hydroxyl groups excluding tert-OH is 2. The molecule has 5 rings (SSSR count). The molecule has 0 radical (unpaired) electrons. The average Bonchev–Trinajstić information content (AvgIpc) is 3.53. The molecule has 7 nitrogen and oxygen atoms in total. The lowest BCUT2D eigenvalue weighted by Gasteiger charge is -2.58. The van der Waals surface area contributed by atoms with E-state index in [9.17, 15) is 19.8 Å². The number of aromatic nitrogens is 1. The van der Waals surface area contributed by atoms with Crippen LogP contribution in [0.4, 0.5) is 5.13 Å². The van der Waals surface area contributed by atoms with Gasteiger partial charge >= 0.3 is 0 Å². The number of hydrogen-bond donors (Lipinski definition) is 3. The molecule has 3 aliphatic rings. The number of rotatable bonds is 5. The molecule has 35 heavy (non-hydrogen) atoms. The molecule has 1 saturated heterocycles. The Hall–Kier alpha value is -1.81. The molecule has 0 bridgehead atoms. The van der Waals surface area contributed by atoms with Crippen LogP contribution >= 0.6 is 22.7 Å². The molecule has 0 aromatic carbocycles. The van der Waals surface area contributed by atoms with Crippen LogP contribution in [-0.4, -0.2) is 57.7 Å². The lowest BCUT2D eigenvalue weighted by Crippen LogP contribution is -2.57. The summed E-state index contributed by atoms with van der Waals surface area (Å²) in [6, 6.07) is 3.64. The van der Waals surface area contributed by atoms with Gasteiger partial charge in [-0.1, -0.05) is 19.9 Å². The number of fused-ring (bicyclic) bond motifs is 2. The predicted octanol–water partition coefficient (Wildman–Crippen LogP) is 4.28. The molecule has 3 N–H and O–H groups in total. The largest absolute Gasteiger partial charge is 0.396 e. The molecule has 2 amide bonds. The van der Waals surface area contributed by atoms with Gasteiger partial charge in [0.05, 0.1) is 23.3 Å². The third kappa shape index (κ3) is 4.34. The molecule has 2 aliphatic carbocycles. The Bertz CT molecular complexity index is 1080. The number of carbonyl (C=O) groups is 2. The number of amides is 2. The monoisotopic (exact) mass is 517 g/mol. The van der Waals surface area contributed by atoms with Gasteiger partial charge in [0.15, 0.2) is 5.13 Å². The third-order valence-corrected chi connectivity index (χ3v) is 10.8. The van der Waals surface area contributed by atoms with Crippen molar-refractivity contribution in [2.45, 2.75) is 70.8 Å². The number of aliphatic hydroxyl groups is 2. The molecule has 5 unspecified atom stereocenters. The summed E-state index contributed by atoms with van der Waals surface area (Å²) in [5, 5.41) is 26.7. The van der Waals surface area contributed by atoms with E-state index in [-0.39, 0.29) is 35.7 Å². The minimum atomic E-state index is -0.651. The first-order valence-corrected chi connectivity index (χ1v) is 14.4. The van der Waals surface area contributed by atoms with Crippen molar-refractivity contribution in [2.75, 3.05) is 25.0 Å². The van der Waals surface area contributed by atoms with Crippen LogP contribution in [0.2, 0.25) is 0 Å². The first kappa shape index (κ1) is 24.9. The van der Waals surface area contributed by atoms with Gasteiger partial charge in [0.2, 0.25) is 5.91 Å². The minimum Gasteiger partial charge on any atom is -0.396 e. The van der Waals surface area contributed by atoms with Gasteiger partial charge in [-0.3, -0.25) is 14.9 Å². The summed E-state index contributed by atoms with van der Waals surface area (Å²) in [7, 11) is 0. The van der Waals surface area contributed by atoms with Crippen LogP contribution in [0, 0.1) is 16.7 Å². The highest BCUT2D eigenvalue weighted by molar-refractivity contribution is 7.16.